The van der Waals surface area contributed by atoms with Gasteiger partial charge in [-0.2, -0.15) is 13.2 Å². The Morgan fingerprint density at radius 3 is 2.53 bits per heavy atom. The Hall–Kier alpha value is -1.79. The van der Waals surface area contributed by atoms with Crippen LogP contribution in [0.5, 0.6) is 0 Å². The van der Waals surface area contributed by atoms with Crippen molar-refractivity contribution < 1.29 is 17.6 Å². The molecule has 1 N–H and O–H groups in total. The number of aryl methyl sites for hydroxylation is 1. The van der Waals surface area contributed by atoms with Crippen molar-refractivity contribution in [3.8, 4) is 11.6 Å². The number of aromatic nitrogens is 3. The molecule has 7 heteroatoms. The summed E-state index contributed by atoms with van der Waals surface area (Å²) in [5, 5.41) is 5.22. The van der Waals surface area contributed by atoms with E-state index in [1.807, 2.05) is 5.10 Å². The Kier molecular flexibility index (Phi) is 2.02. The molecule has 0 aromatic carbocycles. The first-order valence-corrected chi connectivity index (χ1v) is 4.03. The van der Waals surface area contributed by atoms with Crippen LogP contribution in [-0.4, -0.2) is 15.2 Å². The topological polar surface area (TPSA) is 54.7 Å². The number of nitrogens with one attached hydrogen (secondary N) is 1. The summed E-state index contributed by atoms with van der Waals surface area (Å²) in [5.74, 6) is -0.440. The first kappa shape index (κ1) is 9.75. The van der Waals surface area contributed by atoms with Gasteiger partial charge in [-0.25, -0.2) is 4.98 Å². The molecule has 0 atom stereocenters. The highest BCUT2D eigenvalue weighted by Crippen LogP contribution is 2.27. The lowest BCUT2D eigenvalue weighted by Gasteiger charge is -1.98. The highest BCUT2D eigenvalue weighted by Gasteiger charge is 2.35. The van der Waals surface area contributed by atoms with Gasteiger partial charge in [0.25, 0.3) is 0 Å². The first-order valence-electron chi connectivity index (χ1n) is 4.03. The zero-order chi connectivity index (χ0) is 11.1. The van der Waals surface area contributed by atoms with E-state index < -0.39 is 12.0 Å². The molecule has 0 unspecified atom stereocenters. The summed E-state index contributed by atoms with van der Waals surface area (Å²) in [7, 11) is 0. The van der Waals surface area contributed by atoms with Crippen molar-refractivity contribution in [2.75, 3.05) is 0 Å². The zero-order valence-electron chi connectivity index (χ0n) is 7.59. The molecule has 0 amide bonds. The average molecular weight is 217 g/mol. The molecule has 0 fully saturated rings. The van der Waals surface area contributed by atoms with Crippen LogP contribution in [0.4, 0.5) is 13.2 Å². The molecule has 0 spiro atoms. The predicted octanol–water partition coefficient (Wildman–Crippen LogP) is 2.39. The van der Waals surface area contributed by atoms with Crippen LogP contribution in [0, 0.1) is 6.92 Å². The average Bonchev–Trinajstić information content (AvgIpc) is 2.69. The third kappa shape index (κ3) is 1.85. The molecule has 2 aromatic rings. The van der Waals surface area contributed by atoms with E-state index in [4.69, 9.17) is 4.42 Å². The Balaban J connectivity index is 2.36. The summed E-state index contributed by atoms with van der Waals surface area (Å²) in [4.78, 5) is 3.28. The van der Waals surface area contributed by atoms with E-state index in [1.165, 1.54) is 6.07 Å². The monoisotopic (exact) mass is 217 g/mol. The lowest BCUT2D eigenvalue weighted by molar-refractivity contribution is -0.144. The fraction of sp³-hybridized carbons (Fsp3) is 0.250. The molecule has 80 valence electrons. The van der Waals surface area contributed by atoms with E-state index in [1.54, 1.807) is 13.0 Å². The molecule has 0 saturated heterocycles. The minimum atomic E-state index is -4.52. The highest BCUT2D eigenvalue weighted by atomic mass is 19.4. The number of halogens is 3. The van der Waals surface area contributed by atoms with Crippen LogP contribution in [0.3, 0.4) is 0 Å². The van der Waals surface area contributed by atoms with E-state index in [0.29, 0.717) is 5.76 Å². The lowest BCUT2D eigenvalue weighted by atomic mass is 10.4. The van der Waals surface area contributed by atoms with E-state index >= 15 is 0 Å². The van der Waals surface area contributed by atoms with E-state index in [2.05, 4.69) is 10.1 Å². The van der Waals surface area contributed by atoms with Crippen molar-refractivity contribution in [2.45, 2.75) is 13.1 Å². The standard InChI is InChI=1S/C8H6F3N3O/c1-4-2-3-5(15-4)6-12-7(14-13-6)8(9,10)11/h2-3H,1H3,(H,12,13,14). The predicted molar refractivity (Wildman–Crippen MR) is 43.8 cm³/mol. The normalized spacial score (nSPS) is 12.0. The number of H-pyrrole nitrogens is 1. The third-order valence-electron chi connectivity index (χ3n) is 1.71. The van der Waals surface area contributed by atoms with Crippen LogP contribution in [0.15, 0.2) is 16.5 Å². The second kappa shape index (κ2) is 3.11. The summed E-state index contributed by atoms with van der Waals surface area (Å²) in [6.45, 7) is 1.68. The molecule has 4 nitrogen and oxygen atoms in total. The largest absolute Gasteiger partial charge is 0.458 e. The van der Waals surface area contributed by atoms with Crippen molar-refractivity contribution in [1.82, 2.24) is 15.2 Å². The van der Waals surface area contributed by atoms with E-state index in [-0.39, 0.29) is 11.6 Å². The fourth-order valence-corrected chi connectivity index (χ4v) is 1.05. The van der Waals surface area contributed by atoms with Crippen molar-refractivity contribution in [2.24, 2.45) is 0 Å². The van der Waals surface area contributed by atoms with Crippen LogP contribution in [0.25, 0.3) is 11.6 Å². The SMILES string of the molecule is Cc1ccc(-c2n[nH]c(C(F)(F)F)n2)o1. The quantitative estimate of drug-likeness (QED) is 0.797. The number of nitrogens with zero attached hydrogens (tertiary/aromatic N) is 2. The van der Waals surface area contributed by atoms with Gasteiger partial charge in [0, 0.05) is 0 Å². The Bertz CT molecular complexity index is 471. The maximum Gasteiger partial charge on any atom is 0.451 e. The Morgan fingerprint density at radius 1 is 1.33 bits per heavy atom. The van der Waals surface area contributed by atoms with Crippen LogP contribution in [0.1, 0.15) is 11.6 Å². The van der Waals surface area contributed by atoms with Gasteiger partial charge in [-0.15, -0.1) is 5.10 Å². The van der Waals surface area contributed by atoms with Crippen LogP contribution >= 0.6 is 0 Å². The fourth-order valence-electron chi connectivity index (χ4n) is 1.05. The second-order valence-corrected chi connectivity index (χ2v) is 2.92. The number of furan rings is 1. The van der Waals surface area contributed by atoms with Crippen molar-refractivity contribution in [1.29, 1.82) is 0 Å². The Morgan fingerprint density at radius 2 is 2.07 bits per heavy atom. The molecule has 2 aromatic heterocycles. The minimum absolute atomic E-state index is 0.101. The minimum Gasteiger partial charge on any atom is -0.458 e. The maximum absolute atomic E-state index is 12.2. The van der Waals surface area contributed by atoms with Gasteiger partial charge in [-0.05, 0) is 19.1 Å². The third-order valence-corrected chi connectivity index (χ3v) is 1.71. The number of hydrogen-bond acceptors (Lipinski definition) is 3. The van der Waals surface area contributed by atoms with Crippen molar-refractivity contribution in [3.05, 3.63) is 23.7 Å². The Labute approximate surface area is 82.1 Å². The summed E-state index contributed by atoms with van der Waals surface area (Å²) >= 11 is 0. The van der Waals surface area contributed by atoms with Gasteiger partial charge in [-0.3, -0.25) is 5.10 Å². The van der Waals surface area contributed by atoms with Gasteiger partial charge in [0.2, 0.25) is 11.6 Å². The van der Waals surface area contributed by atoms with Gasteiger partial charge >= 0.3 is 6.18 Å². The molecular formula is C8H6F3N3O. The number of rotatable bonds is 1. The summed E-state index contributed by atoms with van der Waals surface area (Å²) < 4.78 is 41.6. The second-order valence-electron chi connectivity index (χ2n) is 2.92. The first-order chi connectivity index (χ1) is 6.97. The van der Waals surface area contributed by atoms with E-state index in [0.717, 1.165) is 0 Å². The molecule has 0 radical (unpaired) electrons. The van der Waals surface area contributed by atoms with E-state index in [9.17, 15) is 13.2 Å². The molecule has 0 aliphatic rings. The smallest absolute Gasteiger partial charge is 0.451 e. The summed E-state index contributed by atoms with van der Waals surface area (Å²) in [5.41, 5.74) is 0. The molecule has 0 saturated carbocycles. The van der Waals surface area contributed by atoms with Gasteiger partial charge in [0.05, 0.1) is 0 Å². The van der Waals surface area contributed by atoms with Crippen molar-refractivity contribution in [3.63, 3.8) is 0 Å². The van der Waals surface area contributed by atoms with Crippen LogP contribution in [-0.2, 0) is 6.18 Å². The molecule has 0 aliphatic heterocycles. The van der Waals surface area contributed by atoms with Crippen LogP contribution < -0.4 is 0 Å². The lowest BCUT2D eigenvalue weighted by Crippen LogP contribution is -2.07. The molecule has 0 bridgehead atoms. The van der Waals surface area contributed by atoms with Crippen LogP contribution in [0.2, 0.25) is 0 Å². The summed E-state index contributed by atoms with van der Waals surface area (Å²) in [6.07, 6.45) is -4.52. The number of alkyl halides is 3. The van der Waals surface area contributed by atoms with Gasteiger partial charge in [-0.1, -0.05) is 0 Å². The highest BCUT2D eigenvalue weighted by molar-refractivity contribution is 5.46. The molecule has 0 aliphatic carbocycles. The zero-order valence-corrected chi connectivity index (χ0v) is 7.59. The van der Waals surface area contributed by atoms with Gasteiger partial charge < -0.3 is 4.42 Å². The van der Waals surface area contributed by atoms with Gasteiger partial charge in [0.15, 0.2) is 5.76 Å². The molecule has 2 rings (SSSR count). The molecular weight excluding hydrogens is 211 g/mol. The number of hydrogen-bond donors (Lipinski definition) is 1. The van der Waals surface area contributed by atoms with Gasteiger partial charge in [0.1, 0.15) is 5.76 Å². The molecule has 15 heavy (non-hydrogen) atoms. The maximum atomic E-state index is 12.2. The van der Waals surface area contributed by atoms with Crippen molar-refractivity contribution >= 4 is 0 Å². The number of aromatic amines is 1. The summed E-state index contributed by atoms with van der Waals surface area (Å²) in [6, 6.07) is 3.14. The molecule has 2 heterocycles.